The van der Waals surface area contributed by atoms with Crippen LogP contribution in [0.15, 0.2) is 4.60 Å². The van der Waals surface area contributed by atoms with Gasteiger partial charge in [-0.25, -0.2) is 4.68 Å². The standard InChI is InChI=1S/C10H17BrN4O2/c1-4-5-6-14-10(12-7(2)3)8(15(16)17)9(11)13-14/h7,12H,4-6H2,1-3H3. The molecule has 0 saturated carbocycles. The molecule has 0 aromatic carbocycles. The van der Waals surface area contributed by atoms with Crippen molar-refractivity contribution in [3.8, 4) is 0 Å². The van der Waals surface area contributed by atoms with Gasteiger partial charge in [-0.1, -0.05) is 13.3 Å². The van der Waals surface area contributed by atoms with Gasteiger partial charge in [0.25, 0.3) is 0 Å². The van der Waals surface area contributed by atoms with Crippen molar-refractivity contribution in [2.24, 2.45) is 0 Å². The summed E-state index contributed by atoms with van der Waals surface area (Å²) in [6, 6.07) is 0.123. The minimum Gasteiger partial charge on any atom is -0.362 e. The molecule has 0 aliphatic rings. The average Bonchev–Trinajstić information content (AvgIpc) is 2.51. The SMILES string of the molecule is CCCCn1nc(Br)c([N+](=O)[O-])c1NC(C)C. The van der Waals surface area contributed by atoms with Crippen molar-refractivity contribution in [2.45, 2.75) is 46.2 Å². The number of nitrogens with zero attached hydrogens (tertiary/aromatic N) is 3. The number of anilines is 1. The zero-order chi connectivity index (χ0) is 13.0. The molecule has 1 N–H and O–H groups in total. The molecule has 1 rings (SSSR count). The predicted octanol–water partition coefficient (Wildman–Crippen LogP) is 3.17. The highest BCUT2D eigenvalue weighted by Gasteiger charge is 2.26. The number of hydrogen-bond acceptors (Lipinski definition) is 4. The summed E-state index contributed by atoms with van der Waals surface area (Å²) in [7, 11) is 0. The van der Waals surface area contributed by atoms with Crippen LogP contribution >= 0.6 is 15.9 Å². The van der Waals surface area contributed by atoms with E-state index in [0.29, 0.717) is 12.4 Å². The third-order valence-corrected chi connectivity index (χ3v) is 2.75. The first kappa shape index (κ1) is 14.0. The van der Waals surface area contributed by atoms with E-state index in [1.807, 2.05) is 13.8 Å². The third-order valence-electron chi connectivity index (χ3n) is 2.22. The van der Waals surface area contributed by atoms with Crippen LogP contribution in [0.4, 0.5) is 11.5 Å². The number of unbranched alkanes of at least 4 members (excludes halogenated alkanes) is 1. The Bertz CT molecular complexity index is 403. The largest absolute Gasteiger partial charge is 0.362 e. The van der Waals surface area contributed by atoms with Crippen LogP contribution < -0.4 is 5.32 Å². The van der Waals surface area contributed by atoms with Crippen LogP contribution in [-0.2, 0) is 6.54 Å². The first-order chi connectivity index (χ1) is 7.97. The molecule has 0 unspecified atom stereocenters. The molecule has 0 aliphatic heterocycles. The summed E-state index contributed by atoms with van der Waals surface area (Å²) in [5.41, 5.74) is 0.00908. The molecule has 1 aromatic rings. The summed E-state index contributed by atoms with van der Waals surface area (Å²) in [5, 5.41) is 18.2. The van der Waals surface area contributed by atoms with E-state index in [2.05, 4.69) is 33.3 Å². The lowest BCUT2D eigenvalue weighted by atomic mass is 10.3. The molecule has 0 spiro atoms. The molecule has 0 bridgehead atoms. The number of halogens is 1. The van der Waals surface area contributed by atoms with Gasteiger partial charge < -0.3 is 5.32 Å². The van der Waals surface area contributed by atoms with E-state index in [4.69, 9.17) is 0 Å². The fourth-order valence-corrected chi connectivity index (χ4v) is 2.00. The topological polar surface area (TPSA) is 73.0 Å². The predicted molar refractivity (Wildman–Crippen MR) is 70.2 cm³/mol. The van der Waals surface area contributed by atoms with Crippen molar-refractivity contribution in [3.63, 3.8) is 0 Å². The highest BCUT2D eigenvalue weighted by molar-refractivity contribution is 9.10. The molecule has 1 aromatic heterocycles. The summed E-state index contributed by atoms with van der Waals surface area (Å²) in [6.07, 6.45) is 1.96. The number of nitrogens with one attached hydrogen (secondary N) is 1. The Morgan fingerprint density at radius 3 is 2.71 bits per heavy atom. The van der Waals surface area contributed by atoms with Crippen LogP contribution in [0.5, 0.6) is 0 Å². The van der Waals surface area contributed by atoms with E-state index in [1.54, 1.807) is 4.68 Å². The van der Waals surface area contributed by atoms with E-state index in [9.17, 15) is 10.1 Å². The third kappa shape index (κ3) is 3.42. The van der Waals surface area contributed by atoms with Crippen LogP contribution in [0, 0.1) is 10.1 Å². The van der Waals surface area contributed by atoms with Gasteiger partial charge in [-0.2, -0.15) is 5.10 Å². The monoisotopic (exact) mass is 304 g/mol. The van der Waals surface area contributed by atoms with E-state index < -0.39 is 4.92 Å². The molecule has 6 nitrogen and oxygen atoms in total. The lowest BCUT2D eigenvalue weighted by Crippen LogP contribution is -2.15. The summed E-state index contributed by atoms with van der Waals surface area (Å²) in [4.78, 5) is 10.6. The highest BCUT2D eigenvalue weighted by Crippen LogP contribution is 2.33. The van der Waals surface area contributed by atoms with Crippen molar-refractivity contribution in [3.05, 3.63) is 14.7 Å². The normalized spacial score (nSPS) is 10.9. The van der Waals surface area contributed by atoms with Crippen molar-refractivity contribution >= 4 is 27.4 Å². The number of aromatic nitrogens is 2. The van der Waals surface area contributed by atoms with Crippen LogP contribution in [-0.4, -0.2) is 20.7 Å². The molecule has 1 heterocycles. The average molecular weight is 305 g/mol. The second-order valence-corrected chi connectivity index (χ2v) is 4.87. The molecule has 0 radical (unpaired) electrons. The van der Waals surface area contributed by atoms with Gasteiger partial charge >= 0.3 is 5.69 Å². The molecule has 17 heavy (non-hydrogen) atoms. The Balaban J connectivity index is 3.11. The molecule has 0 saturated heterocycles. The van der Waals surface area contributed by atoms with Gasteiger partial charge in [0.05, 0.1) is 4.92 Å². The summed E-state index contributed by atoms with van der Waals surface area (Å²) >= 11 is 3.14. The molecule has 0 amide bonds. The van der Waals surface area contributed by atoms with E-state index in [0.717, 1.165) is 12.8 Å². The smallest absolute Gasteiger partial charge is 0.345 e. The van der Waals surface area contributed by atoms with E-state index >= 15 is 0 Å². The minimum absolute atomic E-state index is 0.00908. The maximum Gasteiger partial charge on any atom is 0.345 e. The van der Waals surface area contributed by atoms with Crippen LogP contribution in [0.3, 0.4) is 0 Å². The zero-order valence-electron chi connectivity index (χ0n) is 10.2. The minimum atomic E-state index is -0.412. The Morgan fingerprint density at radius 1 is 1.59 bits per heavy atom. The maximum atomic E-state index is 11.0. The lowest BCUT2D eigenvalue weighted by molar-refractivity contribution is -0.384. The molecular formula is C10H17BrN4O2. The van der Waals surface area contributed by atoms with E-state index in [-0.39, 0.29) is 16.3 Å². The Labute approximate surface area is 109 Å². The summed E-state index contributed by atoms with van der Waals surface area (Å²) in [5.74, 6) is 0.477. The second kappa shape index (κ2) is 6.00. The lowest BCUT2D eigenvalue weighted by Gasteiger charge is -2.11. The molecule has 0 atom stereocenters. The van der Waals surface area contributed by atoms with Gasteiger partial charge in [0.1, 0.15) is 0 Å². The Kier molecular flexibility index (Phi) is 4.92. The number of hydrogen-bond donors (Lipinski definition) is 1. The Morgan fingerprint density at radius 2 is 2.24 bits per heavy atom. The fourth-order valence-electron chi connectivity index (χ4n) is 1.47. The molecule has 0 fully saturated rings. The van der Waals surface area contributed by atoms with Crippen molar-refractivity contribution in [1.82, 2.24) is 9.78 Å². The first-order valence-electron chi connectivity index (χ1n) is 5.64. The molecule has 96 valence electrons. The number of rotatable bonds is 6. The maximum absolute atomic E-state index is 11.0. The van der Waals surface area contributed by atoms with Crippen LogP contribution in [0.25, 0.3) is 0 Å². The first-order valence-corrected chi connectivity index (χ1v) is 6.43. The number of aryl methyl sites for hydroxylation is 1. The summed E-state index contributed by atoms with van der Waals surface area (Å²) in [6.45, 7) is 6.63. The quantitative estimate of drug-likeness (QED) is 0.647. The summed E-state index contributed by atoms with van der Waals surface area (Å²) < 4.78 is 1.94. The van der Waals surface area contributed by atoms with Gasteiger partial charge in [0.2, 0.25) is 10.4 Å². The van der Waals surface area contributed by atoms with Gasteiger partial charge in [0.15, 0.2) is 0 Å². The molecule has 0 aliphatic carbocycles. The van der Waals surface area contributed by atoms with Crippen molar-refractivity contribution in [2.75, 3.05) is 5.32 Å². The van der Waals surface area contributed by atoms with Crippen molar-refractivity contribution < 1.29 is 4.92 Å². The zero-order valence-corrected chi connectivity index (χ0v) is 11.8. The number of nitro groups is 1. The van der Waals surface area contributed by atoms with Gasteiger partial charge in [-0.3, -0.25) is 10.1 Å². The fraction of sp³-hybridized carbons (Fsp3) is 0.700. The van der Waals surface area contributed by atoms with E-state index in [1.165, 1.54) is 0 Å². The molecular weight excluding hydrogens is 288 g/mol. The second-order valence-electron chi connectivity index (χ2n) is 4.12. The van der Waals surface area contributed by atoms with Crippen LogP contribution in [0.1, 0.15) is 33.6 Å². The van der Waals surface area contributed by atoms with Crippen LogP contribution in [0.2, 0.25) is 0 Å². The van der Waals surface area contributed by atoms with Gasteiger partial charge in [-0.15, -0.1) is 0 Å². The van der Waals surface area contributed by atoms with Gasteiger partial charge in [0, 0.05) is 12.6 Å². The van der Waals surface area contributed by atoms with Gasteiger partial charge in [-0.05, 0) is 36.2 Å². The molecule has 7 heteroatoms. The Hall–Kier alpha value is -1.11. The highest BCUT2D eigenvalue weighted by atomic mass is 79.9. The van der Waals surface area contributed by atoms with Crippen molar-refractivity contribution in [1.29, 1.82) is 0 Å².